The van der Waals surface area contributed by atoms with Crippen molar-refractivity contribution in [2.75, 3.05) is 30.9 Å². The minimum Gasteiger partial charge on any atom is -0.394 e. The standard InChI is InChI=1S/C8H14ClN5O/c1-5(4-15)10-7-11-6(9)12-8(13-7)14(2)3/h5,15H,4H2,1-3H3,(H,10,11,12,13). The van der Waals surface area contributed by atoms with Crippen molar-refractivity contribution in [1.29, 1.82) is 0 Å². The second-order valence-corrected chi connectivity index (χ2v) is 3.69. The van der Waals surface area contributed by atoms with Gasteiger partial charge in [0.1, 0.15) is 0 Å². The summed E-state index contributed by atoms with van der Waals surface area (Å²) in [6.45, 7) is 1.81. The first-order valence-electron chi connectivity index (χ1n) is 4.49. The molecule has 1 aromatic heterocycles. The normalized spacial score (nSPS) is 12.3. The highest BCUT2D eigenvalue weighted by Gasteiger charge is 2.08. The third-order valence-electron chi connectivity index (χ3n) is 1.65. The van der Waals surface area contributed by atoms with E-state index < -0.39 is 0 Å². The van der Waals surface area contributed by atoms with Gasteiger partial charge in [-0.2, -0.15) is 15.0 Å². The summed E-state index contributed by atoms with van der Waals surface area (Å²) >= 11 is 5.73. The van der Waals surface area contributed by atoms with Gasteiger partial charge < -0.3 is 15.3 Å². The van der Waals surface area contributed by atoms with Crippen LogP contribution < -0.4 is 10.2 Å². The van der Waals surface area contributed by atoms with Crippen molar-refractivity contribution in [3.63, 3.8) is 0 Å². The van der Waals surface area contributed by atoms with Gasteiger partial charge in [0.05, 0.1) is 6.61 Å². The van der Waals surface area contributed by atoms with Crippen LogP contribution in [0.5, 0.6) is 0 Å². The number of hydrogen-bond donors (Lipinski definition) is 2. The zero-order valence-corrected chi connectivity index (χ0v) is 9.65. The molecular formula is C8H14ClN5O. The summed E-state index contributed by atoms with van der Waals surface area (Å²) in [7, 11) is 3.62. The van der Waals surface area contributed by atoms with Gasteiger partial charge in [0.25, 0.3) is 0 Å². The molecule has 0 aliphatic rings. The smallest absolute Gasteiger partial charge is 0.230 e. The summed E-state index contributed by atoms with van der Waals surface area (Å²) < 4.78 is 0. The van der Waals surface area contributed by atoms with Gasteiger partial charge in [-0.05, 0) is 18.5 Å². The summed E-state index contributed by atoms with van der Waals surface area (Å²) in [5.41, 5.74) is 0. The highest BCUT2D eigenvalue weighted by Crippen LogP contribution is 2.11. The lowest BCUT2D eigenvalue weighted by molar-refractivity contribution is 0.281. The molecule has 0 amide bonds. The van der Waals surface area contributed by atoms with Crippen LogP contribution in [0.4, 0.5) is 11.9 Å². The predicted molar refractivity (Wildman–Crippen MR) is 59.3 cm³/mol. The Morgan fingerprint density at radius 2 is 2.07 bits per heavy atom. The van der Waals surface area contributed by atoms with Gasteiger partial charge in [-0.1, -0.05) is 0 Å². The van der Waals surface area contributed by atoms with Crippen molar-refractivity contribution in [2.45, 2.75) is 13.0 Å². The second kappa shape index (κ2) is 5.09. The van der Waals surface area contributed by atoms with E-state index in [1.807, 2.05) is 21.0 Å². The molecule has 2 N–H and O–H groups in total. The molecule has 84 valence electrons. The molecule has 0 aromatic carbocycles. The highest BCUT2D eigenvalue weighted by atomic mass is 35.5. The Labute approximate surface area is 93.3 Å². The van der Waals surface area contributed by atoms with Crippen molar-refractivity contribution >= 4 is 23.5 Å². The Morgan fingerprint density at radius 3 is 2.60 bits per heavy atom. The number of hydrogen-bond acceptors (Lipinski definition) is 6. The topological polar surface area (TPSA) is 74.2 Å². The van der Waals surface area contributed by atoms with E-state index in [9.17, 15) is 0 Å². The fourth-order valence-electron chi connectivity index (χ4n) is 0.870. The Morgan fingerprint density at radius 1 is 1.40 bits per heavy atom. The summed E-state index contributed by atoms with van der Waals surface area (Å²) in [6, 6.07) is -0.126. The molecule has 0 aliphatic heterocycles. The van der Waals surface area contributed by atoms with Crippen LogP contribution in [0.15, 0.2) is 0 Å². The lowest BCUT2D eigenvalue weighted by atomic mass is 10.4. The zero-order valence-electron chi connectivity index (χ0n) is 8.90. The molecule has 0 fully saturated rings. The highest BCUT2D eigenvalue weighted by molar-refractivity contribution is 6.28. The van der Waals surface area contributed by atoms with Gasteiger partial charge in [0.15, 0.2) is 0 Å². The van der Waals surface area contributed by atoms with Crippen molar-refractivity contribution in [3.05, 3.63) is 5.28 Å². The number of nitrogens with one attached hydrogen (secondary N) is 1. The van der Waals surface area contributed by atoms with Gasteiger partial charge in [0, 0.05) is 20.1 Å². The molecule has 0 saturated carbocycles. The van der Waals surface area contributed by atoms with Crippen LogP contribution in [0.2, 0.25) is 5.28 Å². The molecular weight excluding hydrogens is 218 g/mol. The predicted octanol–water partition coefficient (Wildman–Crippen LogP) is 0.384. The summed E-state index contributed by atoms with van der Waals surface area (Å²) in [5.74, 6) is 0.836. The molecule has 1 rings (SSSR count). The van der Waals surface area contributed by atoms with E-state index in [4.69, 9.17) is 16.7 Å². The molecule has 1 atom stereocenters. The largest absolute Gasteiger partial charge is 0.394 e. The first-order valence-corrected chi connectivity index (χ1v) is 4.87. The maximum Gasteiger partial charge on any atom is 0.230 e. The number of aliphatic hydroxyl groups is 1. The molecule has 0 saturated heterocycles. The monoisotopic (exact) mass is 231 g/mol. The molecule has 0 aliphatic carbocycles. The van der Waals surface area contributed by atoms with E-state index in [1.165, 1.54) is 0 Å². The van der Waals surface area contributed by atoms with E-state index in [0.717, 1.165) is 0 Å². The fourth-order valence-corrected chi connectivity index (χ4v) is 1.03. The van der Waals surface area contributed by atoms with E-state index in [-0.39, 0.29) is 17.9 Å². The maximum absolute atomic E-state index is 8.87. The lowest BCUT2D eigenvalue weighted by Gasteiger charge is -2.14. The fraction of sp³-hybridized carbons (Fsp3) is 0.625. The van der Waals surface area contributed by atoms with E-state index in [0.29, 0.717) is 11.9 Å². The summed E-state index contributed by atoms with van der Waals surface area (Å²) in [4.78, 5) is 13.7. The zero-order chi connectivity index (χ0) is 11.4. The quantitative estimate of drug-likeness (QED) is 0.781. The average molecular weight is 232 g/mol. The van der Waals surface area contributed by atoms with Crippen LogP contribution in [0.3, 0.4) is 0 Å². The molecule has 0 radical (unpaired) electrons. The molecule has 1 aromatic rings. The van der Waals surface area contributed by atoms with Crippen LogP contribution in [0.1, 0.15) is 6.92 Å². The summed E-state index contributed by atoms with van der Waals surface area (Å²) in [6.07, 6.45) is 0. The number of anilines is 2. The van der Waals surface area contributed by atoms with Gasteiger partial charge in [-0.3, -0.25) is 0 Å². The van der Waals surface area contributed by atoms with Crippen LogP contribution in [0, 0.1) is 0 Å². The number of aliphatic hydroxyl groups excluding tert-OH is 1. The Hall–Kier alpha value is -1.14. The van der Waals surface area contributed by atoms with Crippen LogP contribution in [0.25, 0.3) is 0 Å². The Bertz CT molecular complexity index is 333. The van der Waals surface area contributed by atoms with Gasteiger partial charge >= 0.3 is 0 Å². The van der Waals surface area contributed by atoms with Gasteiger partial charge in [0.2, 0.25) is 17.2 Å². The van der Waals surface area contributed by atoms with Gasteiger partial charge in [-0.25, -0.2) is 0 Å². The van der Waals surface area contributed by atoms with E-state index >= 15 is 0 Å². The van der Waals surface area contributed by atoms with Gasteiger partial charge in [-0.15, -0.1) is 0 Å². The SMILES string of the molecule is CC(CO)Nc1nc(Cl)nc(N(C)C)n1. The maximum atomic E-state index is 8.87. The minimum absolute atomic E-state index is 0.000595. The number of aromatic nitrogens is 3. The van der Waals surface area contributed by atoms with E-state index in [1.54, 1.807) is 4.90 Å². The van der Waals surface area contributed by atoms with Crippen LogP contribution >= 0.6 is 11.6 Å². The molecule has 6 nitrogen and oxygen atoms in total. The molecule has 1 heterocycles. The molecule has 1 unspecified atom stereocenters. The minimum atomic E-state index is -0.126. The van der Waals surface area contributed by atoms with Crippen LogP contribution in [-0.4, -0.2) is 46.8 Å². The molecule has 15 heavy (non-hydrogen) atoms. The number of halogens is 1. The first kappa shape index (κ1) is 11.9. The Kier molecular flexibility index (Phi) is 4.05. The van der Waals surface area contributed by atoms with Crippen molar-refractivity contribution in [3.8, 4) is 0 Å². The molecule has 0 bridgehead atoms. The Balaban J connectivity index is 2.88. The van der Waals surface area contributed by atoms with Crippen LogP contribution in [-0.2, 0) is 0 Å². The number of nitrogens with zero attached hydrogens (tertiary/aromatic N) is 4. The third kappa shape index (κ3) is 3.49. The first-order chi connectivity index (χ1) is 7.02. The summed E-state index contributed by atoms with van der Waals surface area (Å²) in [5, 5.41) is 11.9. The van der Waals surface area contributed by atoms with Crippen molar-refractivity contribution in [1.82, 2.24) is 15.0 Å². The van der Waals surface area contributed by atoms with Crippen molar-refractivity contribution in [2.24, 2.45) is 0 Å². The lowest BCUT2D eigenvalue weighted by Crippen LogP contribution is -2.22. The van der Waals surface area contributed by atoms with E-state index in [2.05, 4.69) is 20.3 Å². The van der Waals surface area contributed by atoms with Crippen molar-refractivity contribution < 1.29 is 5.11 Å². The second-order valence-electron chi connectivity index (χ2n) is 3.35. The average Bonchev–Trinajstić information content (AvgIpc) is 2.16. The number of rotatable bonds is 4. The molecule has 0 spiro atoms. The third-order valence-corrected chi connectivity index (χ3v) is 1.81. The molecule has 7 heteroatoms.